The molecule has 0 spiro atoms. The van der Waals surface area contributed by atoms with E-state index in [4.69, 9.17) is 4.74 Å². The lowest BCUT2D eigenvalue weighted by atomic mass is 10.1. The average Bonchev–Trinajstić information content (AvgIpc) is 2.78. The van der Waals surface area contributed by atoms with Crippen LogP contribution in [0.2, 0.25) is 0 Å². The summed E-state index contributed by atoms with van der Waals surface area (Å²) in [5, 5.41) is 3.37. The predicted molar refractivity (Wildman–Crippen MR) is 125 cm³/mol. The highest BCUT2D eigenvalue weighted by molar-refractivity contribution is 5.85. The molecule has 176 valence electrons. The Morgan fingerprint density at radius 3 is 2.34 bits per heavy atom. The van der Waals surface area contributed by atoms with Gasteiger partial charge in [0, 0.05) is 50.2 Å². The highest BCUT2D eigenvalue weighted by Crippen LogP contribution is 2.18. The first-order valence-corrected chi connectivity index (χ1v) is 11.1. The van der Waals surface area contributed by atoms with Crippen molar-refractivity contribution in [2.45, 2.75) is 51.0 Å². The molecular weight excluding hydrogens is 434 g/mol. The Balaban J connectivity index is 0.00000289. The van der Waals surface area contributed by atoms with Crippen LogP contribution in [0.4, 0.5) is 0 Å². The monoisotopic (exact) mass is 465 g/mol. The number of aromatic amines is 1. The van der Waals surface area contributed by atoms with Crippen LogP contribution in [-0.2, 0) is 17.8 Å². The van der Waals surface area contributed by atoms with Crippen LogP contribution in [0, 0.1) is 0 Å². The van der Waals surface area contributed by atoms with Crippen molar-refractivity contribution in [2.75, 3.05) is 32.7 Å². The molecule has 2 aliphatic heterocycles. The molecule has 0 saturated carbocycles. The van der Waals surface area contributed by atoms with E-state index in [1.807, 2.05) is 6.07 Å². The number of halogens is 1. The Bertz CT molecular complexity index is 1040. The molecule has 9 nitrogen and oxygen atoms in total. The van der Waals surface area contributed by atoms with Crippen molar-refractivity contribution in [2.24, 2.45) is 0 Å². The van der Waals surface area contributed by atoms with Crippen molar-refractivity contribution >= 4 is 12.4 Å². The third kappa shape index (κ3) is 6.41. The standard InChI is InChI=1S/C22H31N5O4.ClH/c28-20-7-13-27(22(30)24-20)16-17-2-1-10-26(21(17)29)15-14-25-11-5-19(6-12-25)31-18-3-8-23-9-4-18;/h1-2,7,10,13,18-19,23H,3-6,8-9,11-12,14-16H2,(H,24,28,30);1H. The van der Waals surface area contributed by atoms with Gasteiger partial charge in [-0.25, -0.2) is 4.79 Å². The summed E-state index contributed by atoms with van der Waals surface area (Å²) >= 11 is 0. The maximum absolute atomic E-state index is 12.8. The van der Waals surface area contributed by atoms with E-state index in [0.29, 0.717) is 24.3 Å². The largest absolute Gasteiger partial charge is 0.375 e. The summed E-state index contributed by atoms with van der Waals surface area (Å²) in [6.45, 7) is 5.61. The lowest BCUT2D eigenvalue weighted by Crippen LogP contribution is -2.42. The van der Waals surface area contributed by atoms with Crippen LogP contribution in [0.1, 0.15) is 31.2 Å². The van der Waals surface area contributed by atoms with E-state index >= 15 is 0 Å². The fraction of sp³-hybridized carbons (Fsp3) is 0.591. The second-order valence-corrected chi connectivity index (χ2v) is 8.40. The van der Waals surface area contributed by atoms with Crippen LogP contribution in [0.3, 0.4) is 0 Å². The third-order valence-electron chi connectivity index (χ3n) is 6.20. The normalized spacial score (nSPS) is 18.4. The Hall–Kier alpha value is -2.20. The SMILES string of the molecule is Cl.O=c1ccn(Cc2cccn(CCN3CCC(OC4CCNCC4)CC3)c2=O)c(=O)[nH]1. The van der Waals surface area contributed by atoms with Gasteiger partial charge >= 0.3 is 5.69 Å². The number of pyridine rings is 1. The molecule has 2 aromatic rings. The van der Waals surface area contributed by atoms with Crippen molar-refractivity contribution < 1.29 is 4.74 Å². The first kappa shape index (κ1) is 24.4. The molecule has 0 aliphatic carbocycles. The number of nitrogens with zero attached hydrogens (tertiary/aromatic N) is 3. The molecule has 2 aliphatic rings. The van der Waals surface area contributed by atoms with Crippen LogP contribution in [0.25, 0.3) is 0 Å². The number of piperidine rings is 2. The summed E-state index contributed by atoms with van der Waals surface area (Å²) in [6.07, 6.45) is 8.22. The lowest BCUT2D eigenvalue weighted by Gasteiger charge is -2.35. The van der Waals surface area contributed by atoms with Gasteiger partial charge in [-0.1, -0.05) is 6.07 Å². The van der Waals surface area contributed by atoms with Crippen molar-refractivity contribution in [1.82, 2.24) is 24.3 Å². The van der Waals surface area contributed by atoms with Gasteiger partial charge in [-0.05, 0) is 44.8 Å². The predicted octanol–water partition coefficient (Wildman–Crippen LogP) is 0.401. The number of H-pyrrole nitrogens is 1. The molecule has 0 aromatic carbocycles. The molecule has 32 heavy (non-hydrogen) atoms. The van der Waals surface area contributed by atoms with E-state index < -0.39 is 11.2 Å². The van der Waals surface area contributed by atoms with Crippen LogP contribution in [0.5, 0.6) is 0 Å². The summed E-state index contributed by atoms with van der Waals surface area (Å²) in [5.74, 6) is 0. The smallest absolute Gasteiger partial charge is 0.328 e. The molecule has 10 heteroatoms. The first-order valence-electron chi connectivity index (χ1n) is 11.1. The van der Waals surface area contributed by atoms with Gasteiger partial charge in [0.15, 0.2) is 0 Å². The van der Waals surface area contributed by atoms with E-state index in [1.165, 1.54) is 16.8 Å². The van der Waals surface area contributed by atoms with Crippen LogP contribution < -0.4 is 22.1 Å². The van der Waals surface area contributed by atoms with Crippen molar-refractivity contribution in [3.8, 4) is 0 Å². The summed E-state index contributed by atoms with van der Waals surface area (Å²) in [4.78, 5) is 40.6. The molecule has 2 fully saturated rings. The summed E-state index contributed by atoms with van der Waals surface area (Å²) in [5.41, 5.74) is -0.552. The van der Waals surface area contributed by atoms with Gasteiger partial charge in [0.2, 0.25) is 0 Å². The number of rotatable bonds is 7. The molecule has 2 N–H and O–H groups in total. The highest BCUT2D eigenvalue weighted by Gasteiger charge is 2.23. The van der Waals surface area contributed by atoms with Crippen molar-refractivity contribution in [3.63, 3.8) is 0 Å². The molecule has 4 heterocycles. The third-order valence-corrected chi connectivity index (χ3v) is 6.20. The molecular formula is C22H32ClN5O4. The van der Waals surface area contributed by atoms with Crippen LogP contribution in [-0.4, -0.2) is 63.9 Å². The molecule has 2 aromatic heterocycles. The maximum atomic E-state index is 12.8. The van der Waals surface area contributed by atoms with Crippen LogP contribution in [0.15, 0.2) is 45.0 Å². The topological polar surface area (TPSA) is 101 Å². The fourth-order valence-electron chi connectivity index (χ4n) is 4.36. The minimum absolute atomic E-state index is 0. The molecule has 0 atom stereocenters. The Kier molecular flexibility index (Phi) is 8.86. The Labute approximate surface area is 192 Å². The molecule has 0 radical (unpaired) electrons. The number of hydrogen-bond donors (Lipinski definition) is 2. The molecule has 0 bridgehead atoms. The summed E-state index contributed by atoms with van der Waals surface area (Å²) < 4.78 is 9.31. The minimum Gasteiger partial charge on any atom is -0.375 e. The number of aromatic nitrogens is 3. The van der Waals surface area contributed by atoms with Gasteiger partial charge < -0.3 is 19.5 Å². The Morgan fingerprint density at radius 1 is 0.906 bits per heavy atom. The van der Waals surface area contributed by atoms with Gasteiger partial charge in [-0.3, -0.25) is 19.1 Å². The van der Waals surface area contributed by atoms with E-state index in [9.17, 15) is 14.4 Å². The van der Waals surface area contributed by atoms with Gasteiger partial charge in [-0.15, -0.1) is 12.4 Å². The summed E-state index contributed by atoms with van der Waals surface area (Å²) in [6, 6.07) is 4.83. The maximum Gasteiger partial charge on any atom is 0.328 e. The number of hydrogen-bond acceptors (Lipinski definition) is 6. The highest BCUT2D eigenvalue weighted by atomic mass is 35.5. The first-order chi connectivity index (χ1) is 15.1. The van der Waals surface area contributed by atoms with Crippen LogP contribution >= 0.6 is 12.4 Å². The zero-order valence-electron chi connectivity index (χ0n) is 18.2. The van der Waals surface area contributed by atoms with Gasteiger partial charge in [0.1, 0.15) is 0 Å². The molecule has 2 saturated heterocycles. The van der Waals surface area contributed by atoms with E-state index in [2.05, 4.69) is 15.2 Å². The van der Waals surface area contributed by atoms with Gasteiger partial charge in [0.05, 0.1) is 18.8 Å². The second-order valence-electron chi connectivity index (χ2n) is 8.40. The van der Waals surface area contributed by atoms with Gasteiger partial charge in [0.25, 0.3) is 11.1 Å². The summed E-state index contributed by atoms with van der Waals surface area (Å²) in [7, 11) is 0. The van der Waals surface area contributed by atoms with Crippen molar-refractivity contribution in [3.05, 3.63) is 67.3 Å². The minimum atomic E-state index is -0.517. The molecule has 4 rings (SSSR count). The van der Waals surface area contributed by atoms with Gasteiger partial charge in [-0.2, -0.15) is 0 Å². The Morgan fingerprint density at radius 2 is 1.62 bits per heavy atom. The van der Waals surface area contributed by atoms with E-state index in [0.717, 1.165) is 58.4 Å². The zero-order valence-corrected chi connectivity index (χ0v) is 19.0. The number of ether oxygens (including phenoxy) is 1. The fourth-order valence-corrected chi connectivity index (χ4v) is 4.36. The quantitative estimate of drug-likeness (QED) is 0.614. The number of likely N-dealkylation sites (tertiary alicyclic amines) is 1. The molecule has 0 unspecified atom stereocenters. The van der Waals surface area contributed by atoms with Crippen molar-refractivity contribution in [1.29, 1.82) is 0 Å². The van der Waals surface area contributed by atoms with E-state index in [1.54, 1.807) is 16.8 Å². The molecule has 0 amide bonds. The zero-order chi connectivity index (χ0) is 21.6. The lowest BCUT2D eigenvalue weighted by molar-refractivity contribution is -0.0532. The van der Waals surface area contributed by atoms with E-state index in [-0.39, 0.29) is 24.5 Å². The number of nitrogens with one attached hydrogen (secondary N) is 2. The average molecular weight is 466 g/mol. The second kappa shape index (κ2) is 11.6.